The third kappa shape index (κ3) is 2.65. The van der Waals surface area contributed by atoms with Crippen LogP contribution in [-0.4, -0.2) is 23.2 Å². The van der Waals surface area contributed by atoms with Crippen LogP contribution < -0.4 is 4.74 Å². The second-order valence-electron chi connectivity index (χ2n) is 3.95. The predicted octanol–water partition coefficient (Wildman–Crippen LogP) is 3.28. The highest BCUT2D eigenvalue weighted by Gasteiger charge is 2.26. The van der Waals surface area contributed by atoms with E-state index < -0.39 is 6.10 Å². The summed E-state index contributed by atoms with van der Waals surface area (Å²) in [6.07, 6.45) is 3.38. The first-order chi connectivity index (χ1) is 7.70. The van der Waals surface area contributed by atoms with Crippen LogP contribution in [0.2, 0.25) is 5.02 Å². The Morgan fingerprint density at radius 1 is 1.56 bits per heavy atom. The summed E-state index contributed by atoms with van der Waals surface area (Å²) in [4.78, 5) is 0. The summed E-state index contributed by atoms with van der Waals surface area (Å²) in [5, 5.41) is 10.7. The van der Waals surface area contributed by atoms with Crippen molar-refractivity contribution < 1.29 is 9.84 Å². The normalized spacial score (nSPS) is 23.7. The maximum Gasteiger partial charge on any atom is 0.125 e. The molecule has 0 radical (unpaired) electrons. The highest BCUT2D eigenvalue weighted by molar-refractivity contribution is 7.98. The molecule has 2 atom stereocenters. The van der Waals surface area contributed by atoms with Gasteiger partial charge in [-0.2, -0.15) is 11.8 Å². The molecule has 0 fully saturated rings. The van der Waals surface area contributed by atoms with Crippen LogP contribution in [0.15, 0.2) is 18.2 Å². The number of thioether (sulfide) groups is 1. The topological polar surface area (TPSA) is 29.5 Å². The molecule has 1 heterocycles. The number of benzene rings is 1. The molecule has 0 saturated carbocycles. The smallest absolute Gasteiger partial charge is 0.125 e. The summed E-state index contributed by atoms with van der Waals surface area (Å²) in [6.45, 7) is 0. The van der Waals surface area contributed by atoms with Gasteiger partial charge >= 0.3 is 0 Å². The molecule has 0 aliphatic carbocycles. The Labute approximate surface area is 105 Å². The summed E-state index contributed by atoms with van der Waals surface area (Å²) in [6, 6.07) is 5.42. The van der Waals surface area contributed by atoms with Gasteiger partial charge in [0.15, 0.2) is 0 Å². The van der Waals surface area contributed by atoms with E-state index in [9.17, 15) is 5.11 Å². The molecular formula is C12H15ClO2S. The van der Waals surface area contributed by atoms with E-state index in [-0.39, 0.29) is 6.10 Å². The minimum absolute atomic E-state index is 0.121. The number of aliphatic hydroxyl groups is 1. The van der Waals surface area contributed by atoms with Crippen molar-refractivity contribution in [2.45, 2.75) is 25.0 Å². The van der Waals surface area contributed by atoms with Gasteiger partial charge in [0.05, 0.1) is 6.10 Å². The molecule has 4 heteroatoms. The van der Waals surface area contributed by atoms with E-state index in [0.717, 1.165) is 23.5 Å². The highest BCUT2D eigenvalue weighted by Crippen LogP contribution is 2.37. The van der Waals surface area contributed by atoms with Crippen LogP contribution in [0.25, 0.3) is 0 Å². The lowest BCUT2D eigenvalue weighted by Gasteiger charge is -2.29. The Hall–Kier alpha value is -0.380. The maximum absolute atomic E-state index is 10.0. The van der Waals surface area contributed by atoms with Crippen molar-refractivity contribution >= 4 is 23.4 Å². The number of fused-ring (bicyclic) bond motifs is 1. The first kappa shape index (κ1) is 12.1. The number of rotatable bonds is 3. The third-order valence-corrected chi connectivity index (χ3v) is 3.63. The quantitative estimate of drug-likeness (QED) is 0.902. The van der Waals surface area contributed by atoms with Crippen molar-refractivity contribution in [2.75, 3.05) is 12.0 Å². The number of aliphatic hydroxyl groups excluding tert-OH is 1. The molecule has 1 aliphatic rings. The Kier molecular flexibility index (Phi) is 4.00. The first-order valence-electron chi connectivity index (χ1n) is 5.34. The third-order valence-electron chi connectivity index (χ3n) is 2.75. The molecule has 0 aromatic heterocycles. The fraction of sp³-hybridized carbons (Fsp3) is 0.500. The number of halogens is 1. The van der Waals surface area contributed by atoms with Gasteiger partial charge in [-0.15, -0.1) is 0 Å². The minimum Gasteiger partial charge on any atom is -0.490 e. The van der Waals surface area contributed by atoms with Crippen LogP contribution >= 0.6 is 23.4 Å². The van der Waals surface area contributed by atoms with Crippen molar-refractivity contribution in [3.8, 4) is 5.75 Å². The van der Waals surface area contributed by atoms with Crippen molar-refractivity contribution in [1.82, 2.24) is 0 Å². The zero-order chi connectivity index (χ0) is 11.5. The Bertz CT molecular complexity index is 370. The van der Waals surface area contributed by atoms with Crippen LogP contribution in [0.5, 0.6) is 5.75 Å². The summed E-state index contributed by atoms with van der Waals surface area (Å²) in [5.41, 5.74) is 0.813. The SMILES string of the molecule is CSCCC1C[C@@H](O)c2cc(Cl)ccc2O1. The van der Waals surface area contributed by atoms with Crippen LogP contribution in [-0.2, 0) is 0 Å². The van der Waals surface area contributed by atoms with E-state index in [1.165, 1.54) is 0 Å². The summed E-state index contributed by atoms with van der Waals surface area (Å²) >= 11 is 7.69. The molecule has 0 bridgehead atoms. The second kappa shape index (κ2) is 5.30. The molecule has 1 N–H and O–H groups in total. The van der Waals surface area contributed by atoms with Crippen LogP contribution in [0.3, 0.4) is 0 Å². The van der Waals surface area contributed by atoms with Gasteiger partial charge in [0.1, 0.15) is 11.9 Å². The molecule has 2 rings (SSSR count). The van der Waals surface area contributed by atoms with E-state index in [4.69, 9.17) is 16.3 Å². The second-order valence-corrected chi connectivity index (χ2v) is 5.38. The average Bonchev–Trinajstić information content (AvgIpc) is 2.27. The largest absolute Gasteiger partial charge is 0.490 e. The monoisotopic (exact) mass is 258 g/mol. The standard InChI is InChI=1S/C12H15ClO2S/c1-16-5-4-9-7-11(14)10-6-8(13)2-3-12(10)15-9/h2-3,6,9,11,14H,4-5,7H2,1H3/t9?,11-/m1/s1. The highest BCUT2D eigenvalue weighted by atomic mass is 35.5. The zero-order valence-corrected chi connectivity index (χ0v) is 10.7. The summed E-state index contributed by atoms with van der Waals surface area (Å²) in [5.74, 6) is 1.83. The van der Waals surface area contributed by atoms with Crippen molar-refractivity contribution in [3.63, 3.8) is 0 Å². The van der Waals surface area contributed by atoms with Gasteiger partial charge in [0.2, 0.25) is 0 Å². The van der Waals surface area contributed by atoms with Gasteiger partial charge in [-0.25, -0.2) is 0 Å². The molecule has 88 valence electrons. The number of hydrogen-bond acceptors (Lipinski definition) is 3. The maximum atomic E-state index is 10.0. The van der Waals surface area contributed by atoms with E-state index in [1.807, 2.05) is 6.07 Å². The summed E-state index contributed by atoms with van der Waals surface area (Å²) < 4.78 is 5.83. The van der Waals surface area contributed by atoms with Crippen LogP contribution in [0.1, 0.15) is 24.5 Å². The lowest BCUT2D eigenvalue weighted by atomic mass is 9.98. The Balaban J connectivity index is 2.13. The molecule has 16 heavy (non-hydrogen) atoms. The lowest BCUT2D eigenvalue weighted by molar-refractivity contribution is 0.0648. The van der Waals surface area contributed by atoms with Crippen LogP contribution in [0, 0.1) is 0 Å². The molecule has 0 saturated heterocycles. The Morgan fingerprint density at radius 3 is 3.12 bits per heavy atom. The molecule has 1 unspecified atom stereocenters. The van der Waals surface area contributed by atoms with Gasteiger partial charge in [0, 0.05) is 17.0 Å². The van der Waals surface area contributed by atoms with Gasteiger partial charge < -0.3 is 9.84 Å². The van der Waals surface area contributed by atoms with E-state index in [2.05, 4.69) is 6.26 Å². The number of hydrogen-bond donors (Lipinski definition) is 1. The number of ether oxygens (including phenoxy) is 1. The molecule has 2 nitrogen and oxygen atoms in total. The van der Waals surface area contributed by atoms with E-state index in [1.54, 1.807) is 23.9 Å². The molecule has 1 aliphatic heterocycles. The van der Waals surface area contributed by atoms with Gasteiger partial charge in [0.25, 0.3) is 0 Å². The minimum atomic E-state index is -0.450. The molecular weight excluding hydrogens is 244 g/mol. The first-order valence-corrected chi connectivity index (χ1v) is 7.11. The van der Waals surface area contributed by atoms with Crippen molar-refractivity contribution in [3.05, 3.63) is 28.8 Å². The Morgan fingerprint density at radius 2 is 2.38 bits per heavy atom. The average molecular weight is 259 g/mol. The molecule has 1 aromatic rings. The van der Waals surface area contributed by atoms with Gasteiger partial charge in [-0.05, 0) is 36.6 Å². The van der Waals surface area contributed by atoms with Gasteiger partial charge in [-0.1, -0.05) is 11.6 Å². The molecule has 1 aromatic carbocycles. The van der Waals surface area contributed by atoms with Crippen molar-refractivity contribution in [1.29, 1.82) is 0 Å². The summed E-state index contributed by atoms with van der Waals surface area (Å²) in [7, 11) is 0. The van der Waals surface area contributed by atoms with E-state index in [0.29, 0.717) is 11.4 Å². The van der Waals surface area contributed by atoms with E-state index >= 15 is 0 Å². The fourth-order valence-electron chi connectivity index (χ4n) is 1.92. The van der Waals surface area contributed by atoms with Gasteiger partial charge in [-0.3, -0.25) is 0 Å². The fourth-order valence-corrected chi connectivity index (χ4v) is 2.60. The predicted molar refractivity (Wildman–Crippen MR) is 68.4 cm³/mol. The van der Waals surface area contributed by atoms with Crippen LogP contribution in [0.4, 0.5) is 0 Å². The van der Waals surface area contributed by atoms with Crippen molar-refractivity contribution in [2.24, 2.45) is 0 Å². The molecule has 0 amide bonds. The zero-order valence-electron chi connectivity index (χ0n) is 9.15. The lowest BCUT2D eigenvalue weighted by Crippen LogP contribution is -2.26. The molecule has 0 spiro atoms.